The third-order valence-electron chi connectivity index (χ3n) is 5.25. The van der Waals surface area contributed by atoms with Gasteiger partial charge in [-0.1, -0.05) is 11.6 Å². The highest BCUT2D eigenvalue weighted by Gasteiger charge is 2.36. The first-order valence-corrected chi connectivity index (χ1v) is 8.45. The van der Waals surface area contributed by atoms with Gasteiger partial charge in [0.05, 0.1) is 5.56 Å². The lowest BCUT2D eigenvalue weighted by atomic mass is 9.82. The normalized spacial score (nSPS) is 27.8. The van der Waals surface area contributed by atoms with Gasteiger partial charge in [-0.2, -0.15) is 4.98 Å². The van der Waals surface area contributed by atoms with Crippen molar-refractivity contribution in [2.45, 2.75) is 57.2 Å². The van der Waals surface area contributed by atoms with Crippen LogP contribution in [0.5, 0.6) is 0 Å². The summed E-state index contributed by atoms with van der Waals surface area (Å²) in [5, 5.41) is 7.53. The van der Waals surface area contributed by atoms with Gasteiger partial charge in [-0.3, -0.25) is 0 Å². The fourth-order valence-corrected chi connectivity index (χ4v) is 4.03. The molecule has 0 amide bonds. The molecular formula is C17H23N5O. The number of fused-ring (bicyclic) bond motifs is 2. The van der Waals surface area contributed by atoms with Crippen molar-refractivity contribution in [2.75, 3.05) is 12.4 Å². The van der Waals surface area contributed by atoms with Crippen molar-refractivity contribution < 1.29 is 4.52 Å². The van der Waals surface area contributed by atoms with Crippen molar-refractivity contribution in [1.29, 1.82) is 0 Å². The number of aryl methyl sites for hydroxylation is 1. The molecule has 2 bridgehead atoms. The van der Waals surface area contributed by atoms with E-state index >= 15 is 0 Å². The summed E-state index contributed by atoms with van der Waals surface area (Å²) >= 11 is 0. The number of pyridine rings is 1. The number of hydrogen-bond acceptors (Lipinski definition) is 6. The lowest BCUT2D eigenvalue weighted by molar-refractivity contribution is 0.0608. The SMILES string of the molecule is Cc1noc(-c2cccnc2NC2CC3CCCC(C2)N3C)n1. The van der Waals surface area contributed by atoms with E-state index in [2.05, 4.69) is 32.4 Å². The van der Waals surface area contributed by atoms with Crippen LogP contribution in [0.15, 0.2) is 22.9 Å². The van der Waals surface area contributed by atoms with Crippen LogP contribution < -0.4 is 5.32 Å². The third kappa shape index (κ3) is 2.83. The van der Waals surface area contributed by atoms with E-state index in [0.29, 0.717) is 29.8 Å². The highest BCUT2D eigenvalue weighted by Crippen LogP contribution is 2.35. The van der Waals surface area contributed by atoms with Crippen LogP contribution in [-0.4, -0.2) is 45.2 Å². The minimum Gasteiger partial charge on any atom is -0.367 e. The predicted octanol–water partition coefficient (Wildman–Crippen LogP) is 2.87. The third-order valence-corrected chi connectivity index (χ3v) is 5.25. The fourth-order valence-electron chi connectivity index (χ4n) is 4.03. The van der Waals surface area contributed by atoms with Gasteiger partial charge in [0, 0.05) is 24.3 Å². The quantitative estimate of drug-likeness (QED) is 0.940. The fraction of sp³-hybridized carbons (Fsp3) is 0.588. The second kappa shape index (κ2) is 5.92. The molecule has 2 saturated heterocycles. The molecule has 0 radical (unpaired) electrons. The molecule has 2 atom stereocenters. The first-order valence-electron chi connectivity index (χ1n) is 8.45. The monoisotopic (exact) mass is 313 g/mol. The summed E-state index contributed by atoms with van der Waals surface area (Å²) in [7, 11) is 2.28. The topological polar surface area (TPSA) is 67.1 Å². The van der Waals surface area contributed by atoms with Gasteiger partial charge in [-0.05, 0) is 51.8 Å². The van der Waals surface area contributed by atoms with Crippen LogP contribution in [-0.2, 0) is 0 Å². The highest BCUT2D eigenvalue weighted by molar-refractivity contribution is 5.68. The molecule has 122 valence electrons. The number of piperidine rings is 2. The van der Waals surface area contributed by atoms with Gasteiger partial charge in [0.2, 0.25) is 0 Å². The van der Waals surface area contributed by atoms with Gasteiger partial charge in [0.25, 0.3) is 5.89 Å². The Morgan fingerprint density at radius 2 is 2.04 bits per heavy atom. The molecule has 2 fully saturated rings. The van der Waals surface area contributed by atoms with E-state index in [-0.39, 0.29) is 0 Å². The number of rotatable bonds is 3. The molecule has 2 aliphatic rings. The summed E-state index contributed by atoms with van der Waals surface area (Å²) in [5.74, 6) is 2.03. The Kier molecular flexibility index (Phi) is 3.77. The lowest BCUT2D eigenvalue weighted by Gasteiger charge is -2.47. The maximum absolute atomic E-state index is 5.32. The van der Waals surface area contributed by atoms with Crippen molar-refractivity contribution in [2.24, 2.45) is 0 Å². The van der Waals surface area contributed by atoms with E-state index in [1.54, 1.807) is 0 Å². The van der Waals surface area contributed by atoms with Crippen molar-refractivity contribution in [3.8, 4) is 11.5 Å². The highest BCUT2D eigenvalue weighted by atomic mass is 16.5. The van der Waals surface area contributed by atoms with Crippen LogP contribution in [0.4, 0.5) is 5.82 Å². The van der Waals surface area contributed by atoms with Crippen LogP contribution in [0.1, 0.15) is 37.9 Å². The Morgan fingerprint density at radius 3 is 2.74 bits per heavy atom. The van der Waals surface area contributed by atoms with Crippen molar-refractivity contribution in [1.82, 2.24) is 20.0 Å². The van der Waals surface area contributed by atoms with E-state index in [4.69, 9.17) is 4.52 Å². The predicted molar refractivity (Wildman–Crippen MR) is 88.1 cm³/mol. The number of aromatic nitrogens is 3. The molecular weight excluding hydrogens is 290 g/mol. The largest absolute Gasteiger partial charge is 0.367 e. The molecule has 0 spiro atoms. The Morgan fingerprint density at radius 1 is 1.26 bits per heavy atom. The Hall–Kier alpha value is -1.95. The lowest BCUT2D eigenvalue weighted by Crippen LogP contribution is -2.52. The van der Waals surface area contributed by atoms with Crippen molar-refractivity contribution >= 4 is 5.82 Å². The number of anilines is 1. The first kappa shape index (κ1) is 14.6. The Balaban J connectivity index is 1.56. The van der Waals surface area contributed by atoms with Gasteiger partial charge in [-0.15, -0.1) is 0 Å². The molecule has 6 heteroatoms. The molecule has 0 aromatic carbocycles. The summed E-state index contributed by atoms with van der Waals surface area (Å²) < 4.78 is 5.32. The van der Waals surface area contributed by atoms with E-state index < -0.39 is 0 Å². The van der Waals surface area contributed by atoms with Gasteiger partial charge in [0.15, 0.2) is 5.82 Å². The zero-order chi connectivity index (χ0) is 15.8. The van der Waals surface area contributed by atoms with Gasteiger partial charge in [-0.25, -0.2) is 4.98 Å². The molecule has 4 heterocycles. The molecule has 23 heavy (non-hydrogen) atoms. The minimum atomic E-state index is 0.458. The molecule has 1 N–H and O–H groups in total. The summed E-state index contributed by atoms with van der Waals surface area (Å²) in [4.78, 5) is 11.4. The van der Waals surface area contributed by atoms with E-state index in [1.165, 1.54) is 32.1 Å². The molecule has 0 aliphatic carbocycles. The number of nitrogens with one attached hydrogen (secondary N) is 1. The molecule has 2 aliphatic heterocycles. The molecule has 0 saturated carbocycles. The van der Waals surface area contributed by atoms with Gasteiger partial charge in [0.1, 0.15) is 5.82 Å². The minimum absolute atomic E-state index is 0.458. The maximum Gasteiger partial charge on any atom is 0.261 e. The Bertz CT molecular complexity index is 671. The average molecular weight is 313 g/mol. The first-order chi connectivity index (χ1) is 11.2. The van der Waals surface area contributed by atoms with Crippen LogP contribution >= 0.6 is 0 Å². The molecule has 2 aromatic heterocycles. The smallest absolute Gasteiger partial charge is 0.261 e. The standard InChI is InChI=1S/C17H23N5O/c1-11-19-17(23-21-11)15-7-4-8-18-16(15)20-12-9-13-5-3-6-14(10-12)22(13)2/h4,7-8,12-14H,3,5-6,9-10H2,1-2H3,(H,18,20). The second-order valence-corrected chi connectivity index (χ2v) is 6.76. The van der Waals surface area contributed by atoms with Crippen LogP contribution in [0, 0.1) is 6.92 Å². The van der Waals surface area contributed by atoms with E-state index in [1.807, 2.05) is 25.3 Å². The van der Waals surface area contributed by atoms with Crippen molar-refractivity contribution in [3.05, 3.63) is 24.2 Å². The van der Waals surface area contributed by atoms with Gasteiger partial charge < -0.3 is 14.7 Å². The summed E-state index contributed by atoms with van der Waals surface area (Å²) in [5.41, 5.74) is 0.886. The van der Waals surface area contributed by atoms with Crippen molar-refractivity contribution in [3.63, 3.8) is 0 Å². The molecule has 2 unspecified atom stereocenters. The maximum atomic E-state index is 5.32. The zero-order valence-electron chi connectivity index (χ0n) is 13.7. The van der Waals surface area contributed by atoms with Crippen LogP contribution in [0.25, 0.3) is 11.5 Å². The second-order valence-electron chi connectivity index (χ2n) is 6.76. The number of hydrogen-bond donors (Lipinski definition) is 1. The van der Waals surface area contributed by atoms with Crippen LogP contribution in [0.2, 0.25) is 0 Å². The molecule has 6 nitrogen and oxygen atoms in total. The Labute approximate surface area is 136 Å². The molecule has 2 aromatic rings. The van der Waals surface area contributed by atoms with E-state index in [0.717, 1.165) is 11.4 Å². The summed E-state index contributed by atoms with van der Waals surface area (Å²) in [6.07, 6.45) is 8.14. The summed E-state index contributed by atoms with van der Waals surface area (Å²) in [6.45, 7) is 1.83. The molecule has 4 rings (SSSR count). The zero-order valence-corrected chi connectivity index (χ0v) is 13.7. The average Bonchev–Trinajstić information content (AvgIpc) is 2.95. The van der Waals surface area contributed by atoms with Gasteiger partial charge >= 0.3 is 0 Å². The number of nitrogens with zero attached hydrogens (tertiary/aromatic N) is 4. The summed E-state index contributed by atoms with van der Waals surface area (Å²) in [6, 6.07) is 5.73. The van der Waals surface area contributed by atoms with Crippen LogP contribution in [0.3, 0.4) is 0 Å². The van der Waals surface area contributed by atoms with E-state index in [9.17, 15) is 0 Å².